The maximum absolute atomic E-state index is 10.7. The first-order valence-electron chi connectivity index (χ1n) is 4.63. The van der Waals surface area contributed by atoms with Crippen LogP contribution in [0.5, 0.6) is 0 Å². The summed E-state index contributed by atoms with van der Waals surface area (Å²) in [6.07, 6.45) is 3.66. The molecule has 0 aromatic carbocycles. The van der Waals surface area contributed by atoms with Gasteiger partial charge in [0.05, 0.1) is 0 Å². The van der Waals surface area contributed by atoms with Gasteiger partial charge in [-0.15, -0.1) is 0 Å². The van der Waals surface area contributed by atoms with Gasteiger partial charge in [-0.05, 0) is 34.9 Å². The summed E-state index contributed by atoms with van der Waals surface area (Å²) in [7, 11) is 0. The van der Waals surface area contributed by atoms with E-state index in [-0.39, 0.29) is 5.82 Å². The first kappa shape index (κ1) is 8.93. The van der Waals surface area contributed by atoms with E-state index in [4.69, 9.17) is 0 Å². The summed E-state index contributed by atoms with van der Waals surface area (Å²) in [6.45, 7) is 1.79. The van der Waals surface area contributed by atoms with Crippen molar-refractivity contribution in [3.63, 3.8) is 0 Å². The van der Waals surface area contributed by atoms with Crippen LogP contribution >= 0.6 is 0 Å². The maximum Gasteiger partial charge on any atom is 0.387 e. The molecule has 74 valence electrons. The van der Waals surface area contributed by atoms with Crippen LogP contribution in [0.3, 0.4) is 0 Å². The van der Waals surface area contributed by atoms with Gasteiger partial charge in [-0.2, -0.15) is 0 Å². The highest BCUT2D eigenvalue weighted by atomic mass is 16.6. The lowest BCUT2D eigenvalue weighted by molar-refractivity contribution is -0.388. The summed E-state index contributed by atoms with van der Waals surface area (Å²) in [5.74, 6) is -0.0330. The molecule has 0 saturated carbocycles. The van der Waals surface area contributed by atoms with Crippen LogP contribution in [0.25, 0.3) is 0 Å². The molecule has 1 aliphatic rings. The Morgan fingerprint density at radius 3 is 2.79 bits per heavy atom. The van der Waals surface area contributed by atoms with E-state index >= 15 is 0 Å². The molecular formula is C9H11N3O2. The number of pyridine rings is 1. The monoisotopic (exact) mass is 193 g/mol. The van der Waals surface area contributed by atoms with Crippen LogP contribution in [0, 0.1) is 10.1 Å². The summed E-state index contributed by atoms with van der Waals surface area (Å²) in [6, 6.07) is 3.50. The summed E-state index contributed by atoms with van der Waals surface area (Å²) in [5.41, 5.74) is 0.648. The van der Waals surface area contributed by atoms with Gasteiger partial charge in [0.15, 0.2) is 0 Å². The zero-order valence-corrected chi connectivity index (χ0v) is 7.72. The van der Waals surface area contributed by atoms with Crippen molar-refractivity contribution in [3.05, 3.63) is 28.4 Å². The molecule has 1 aliphatic heterocycles. The molecule has 1 fully saturated rings. The topological polar surface area (TPSA) is 59.3 Å². The van der Waals surface area contributed by atoms with Gasteiger partial charge in [-0.1, -0.05) is 0 Å². The predicted octanol–water partition coefficient (Wildman–Crippen LogP) is 1.59. The van der Waals surface area contributed by atoms with E-state index in [1.807, 2.05) is 4.90 Å². The molecule has 1 aromatic rings. The highest BCUT2D eigenvalue weighted by Crippen LogP contribution is 2.27. The Bertz CT molecular complexity index is 348. The largest absolute Gasteiger partial charge is 0.387 e. The molecule has 0 radical (unpaired) electrons. The normalized spacial score (nSPS) is 15.9. The molecule has 0 amide bonds. The fourth-order valence-corrected chi connectivity index (χ4v) is 1.73. The van der Waals surface area contributed by atoms with E-state index in [1.165, 1.54) is 6.20 Å². The van der Waals surface area contributed by atoms with Gasteiger partial charge in [-0.3, -0.25) is 0 Å². The molecule has 5 nitrogen and oxygen atoms in total. The van der Waals surface area contributed by atoms with Crippen LogP contribution in [-0.2, 0) is 0 Å². The number of aromatic nitrogens is 1. The standard InChI is InChI=1S/C9H11N3O2/c13-12(14)9-8(4-3-5-10-9)11-6-1-2-7-11/h3-5H,1-2,6-7H2. The highest BCUT2D eigenvalue weighted by Gasteiger charge is 2.22. The predicted molar refractivity (Wildman–Crippen MR) is 52.3 cm³/mol. The van der Waals surface area contributed by atoms with Crippen LogP contribution < -0.4 is 4.90 Å². The number of hydrogen-bond donors (Lipinski definition) is 0. The van der Waals surface area contributed by atoms with E-state index in [1.54, 1.807) is 12.1 Å². The van der Waals surface area contributed by atoms with Crippen molar-refractivity contribution >= 4 is 11.5 Å². The zero-order chi connectivity index (χ0) is 9.97. The third-order valence-corrected chi connectivity index (χ3v) is 2.39. The molecule has 2 heterocycles. The molecule has 0 N–H and O–H groups in total. The van der Waals surface area contributed by atoms with Crippen LogP contribution in [0.1, 0.15) is 12.8 Å². The number of hydrogen-bond acceptors (Lipinski definition) is 4. The Morgan fingerprint density at radius 2 is 2.14 bits per heavy atom. The Labute approximate surface area is 81.5 Å². The number of anilines is 1. The van der Waals surface area contributed by atoms with Crippen molar-refractivity contribution in [2.24, 2.45) is 0 Å². The summed E-state index contributed by atoms with van der Waals surface area (Å²) < 4.78 is 0. The summed E-state index contributed by atoms with van der Waals surface area (Å²) >= 11 is 0. The van der Waals surface area contributed by atoms with Crippen molar-refractivity contribution in [1.82, 2.24) is 4.98 Å². The second-order valence-electron chi connectivity index (χ2n) is 3.30. The van der Waals surface area contributed by atoms with Gasteiger partial charge >= 0.3 is 5.82 Å². The third kappa shape index (κ3) is 1.53. The molecule has 0 unspecified atom stereocenters. The van der Waals surface area contributed by atoms with Gasteiger partial charge in [-0.25, -0.2) is 0 Å². The van der Waals surface area contributed by atoms with Gasteiger partial charge in [0.25, 0.3) is 0 Å². The molecule has 0 aliphatic carbocycles. The van der Waals surface area contributed by atoms with Gasteiger partial charge < -0.3 is 15.0 Å². The Hall–Kier alpha value is -1.65. The fraction of sp³-hybridized carbons (Fsp3) is 0.444. The maximum atomic E-state index is 10.7. The average Bonchev–Trinajstić information content (AvgIpc) is 2.70. The van der Waals surface area contributed by atoms with E-state index in [9.17, 15) is 10.1 Å². The molecule has 0 bridgehead atoms. The Balaban J connectivity index is 2.35. The van der Waals surface area contributed by atoms with Crippen LogP contribution in [0.4, 0.5) is 11.5 Å². The first-order valence-corrected chi connectivity index (χ1v) is 4.63. The molecule has 1 aromatic heterocycles. The number of nitro groups is 1. The number of rotatable bonds is 2. The lowest BCUT2D eigenvalue weighted by Crippen LogP contribution is -2.19. The summed E-state index contributed by atoms with van der Waals surface area (Å²) in [4.78, 5) is 16.1. The van der Waals surface area contributed by atoms with Crippen LogP contribution in [0.15, 0.2) is 18.3 Å². The van der Waals surface area contributed by atoms with Gasteiger partial charge in [0.2, 0.25) is 0 Å². The van der Waals surface area contributed by atoms with Crippen molar-refractivity contribution < 1.29 is 4.92 Å². The molecule has 1 saturated heterocycles. The molecular weight excluding hydrogens is 182 g/mol. The van der Waals surface area contributed by atoms with E-state index in [0.29, 0.717) is 5.69 Å². The quantitative estimate of drug-likeness (QED) is 0.528. The molecule has 14 heavy (non-hydrogen) atoms. The molecule has 2 rings (SSSR count). The summed E-state index contributed by atoms with van der Waals surface area (Å²) in [5, 5.41) is 10.7. The third-order valence-electron chi connectivity index (χ3n) is 2.39. The minimum Gasteiger partial charge on any atom is -0.365 e. The van der Waals surface area contributed by atoms with Crippen LogP contribution in [-0.4, -0.2) is 23.0 Å². The van der Waals surface area contributed by atoms with Gasteiger partial charge in [0, 0.05) is 13.1 Å². The van der Waals surface area contributed by atoms with Crippen molar-refractivity contribution in [3.8, 4) is 0 Å². The minimum atomic E-state index is -0.423. The lowest BCUT2D eigenvalue weighted by atomic mass is 10.3. The number of nitrogens with zero attached hydrogens (tertiary/aromatic N) is 3. The van der Waals surface area contributed by atoms with Crippen LogP contribution in [0.2, 0.25) is 0 Å². The lowest BCUT2D eigenvalue weighted by Gasteiger charge is -2.15. The molecule has 5 heteroatoms. The van der Waals surface area contributed by atoms with E-state index in [0.717, 1.165) is 25.9 Å². The fourth-order valence-electron chi connectivity index (χ4n) is 1.73. The zero-order valence-electron chi connectivity index (χ0n) is 7.72. The second kappa shape index (κ2) is 3.61. The van der Waals surface area contributed by atoms with E-state index < -0.39 is 4.92 Å². The van der Waals surface area contributed by atoms with Crippen molar-refractivity contribution in [1.29, 1.82) is 0 Å². The van der Waals surface area contributed by atoms with E-state index in [2.05, 4.69) is 4.98 Å². The average molecular weight is 193 g/mol. The SMILES string of the molecule is O=[N+]([O-])c1ncccc1N1CCCC1. The van der Waals surface area contributed by atoms with Gasteiger partial charge in [0.1, 0.15) is 11.9 Å². The smallest absolute Gasteiger partial charge is 0.365 e. The minimum absolute atomic E-state index is 0.0330. The first-order chi connectivity index (χ1) is 6.79. The Morgan fingerprint density at radius 1 is 1.43 bits per heavy atom. The Kier molecular flexibility index (Phi) is 2.30. The molecule has 0 spiro atoms. The van der Waals surface area contributed by atoms with Crippen molar-refractivity contribution in [2.45, 2.75) is 12.8 Å². The van der Waals surface area contributed by atoms with Crippen molar-refractivity contribution in [2.75, 3.05) is 18.0 Å². The molecule has 0 atom stereocenters. The second-order valence-corrected chi connectivity index (χ2v) is 3.30. The highest BCUT2D eigenvalue weighted by molar-refractivity contribution is 5.59.